The van der Waals surface area contributed by atoms with Crippen molar-refractivity contribution in [3.8, 4) is 0 Å². The third-order valence-electron chi connectivity index (χ3n) is 2.85. The van der Waals surface area contributed by atoms with Gasteiger partial charge in [-0.2, -0.15) is 5.10 Å². The predicted octanol–water partition coefficient (Wildman–Crippen LogP) is 1.42. The lowest BCUT2D eigenvalue weighted by molar-refractivity contribution is 0.0946. The number of hydrogen-bond donors (Lipinski definition) is 2. The molecule has 0 spiro atoms. The standard InChI is InChI=1S/C13H19N5O/c1-3-4-5-12-14-8-11(17-12)13(19)15-6-10-7-16-18(2)9-10/h7-9H,3-6H2,1-2H3,(H,14,17)(H,15,19). The van der Waals surface area contributed by atoms with Gasteiger partial charge in [-0.05, 0) is 6.42 Å². The first-order valence-corrected chi connectivity index (χ1v) is 6.48. The first kappa shape index (κ1) is 13.3. The molecule has 2 aromatic heterocycles. The van der Waals surface area contributed by atoms with Crippen molar-refractivity contribution in [3.05, 3.63) is 35.7 Å². The normalized spacial score (nSPS) is 10.6. The Labute approximate surface area is 112 Å². The molecule has 0 saturated carbocycles. The Morgan fingerprint density at radius 3 is 3.00 bits per heavy atom. The molecular weight excluding hydrogens is 242 g/mol. The summed E-state index contributed by atoms with van der Waals surface area (Å²) in [6, 6.07) is 0. The zero-order valence-corrected chi connectivity index (χ0v) is 11.3. The summed E-state index contributed by atoms with van der Waals surface area (Å²) in [4.78, 5) is 19.1. The molecule has 1 amide bonds. The summed E-state index contributed by atoms with van der Waals surface area (Å²) in [5, 5.41) is 6.88. The van der Waals surface area contributed by atoms with Gasteiger partial charge in [0.15, 0.2) is 0 Å². The Bertz CT molecular complexity index is 543. The lowest BCUT2D eigenvalue weighted by Gasteiger charge is -2.00. The number of aryl methyl sites for hydroxylation is 2. The second-order valence-corrected chi connectivity index (χ2v) is 4.55. The van der Waals surface area contributed by atoms with E-state index in [1.54, 1.807) is 17.1 Å². The third kappa shape index (κ3) is 3.67. The van der Waals surface area contributed by atoms with E-state index in [-0.39, 0.29) is 5.91 Å². The van der Waals surface area contributed by atoms with Crippen LogP contribution in [0.4, 0.5) is 0 Å². The van der Waals surface area contributed by atoms with Crippen molar-refractivity contribution in [1.29, 1.82) is 0 Å². The van der Waals surface area contributed by atoms with Gasteiger partial charge in [0, 0.05) is 31.8 Å². The summed E-state index contributed by atoms with van der Waals surface area (Å²) < 4.78 is 1.71. The molecule has 0 aliphatic rings. The van der Waals surface area contributed by atoms with Crippen molar-refractivity contribution in [1.82, 2.24) is 25.1 Å². The van der Waals surface area contributed by atoms with Crippen molar-refractivity contribution in [2.75, 3.05) is 0 Å². The van der Waals surface area contributed by atoms with Crippen molar-refractivity contribution in [3.63, 3.8) is 0 Å². The van der Waals surface area contributed by atoms with Gasteiger partial charge in [-0.3, -0.25) is 9.48 Å². The second kappa shape index (κ2) is 6.17. The van der Waals surface area contributed by atoms with Gasteiger partial charge in [-0.15, -0.1) is 0 Å². The van der Waals surface area contributed by atoms with Crippen LogP contribution < -0.4 is 5.32 Å². The van der Waals surface area contributed by atoms with Crippen LogP contribution in [0.15, 0.2) is 18.6 Å². The molecule has 0 bridgehead atoms. The van der Waals surface area contributed by atoms with Gasteiger partial charge >= 0.3 is 0 Å². The van der Waals surface area contributed by atoms with Crippen LogP contribution in [0.1, 0.15) is 41.6 Å². The lowest BCUT2D eigenvalue weighted by atomic mass is 10.2. The molecule has 0 aromatic carbocycles. The Morgan fingerprint density at radius 2 is 2.32 bits per heavy atom. The van der Waals surface area contributed by atoms with Crippen LogP contribution in [0.2, 0.25) is 0 Å². The van der Waals surface area contributed by atoms with Gasteiger partial charge < -0.3 is 10.3 Å². The number of aromatic nitrogens is 4. The number of rotatable bonds is 6. The zero-order valence-electron chi connectivity index (χ0n) is 11.3. The summed E-state index contributed by atoms with van der Waals surface area (Å²) in [7, 11) is 1.85. The Balaban J connectivity index is 1.87. The Hall–Kier alpha value is -2.11. The maximum Gasteiger partial charge on any atom is 0.269 e. The summed E-state index contributed by atoms with van der Waals surface area (Å²) >= 11 is 0. The van der Waals surface area contributed by atoms with Crippen LogP contribution >= 0.6 is 0 Å². The third-order valence-corrected chi connectivity index (χ3v) is 2.85. The molecule has 6 heteroatoms. The number of nitrogens with zero attached hydrogens (tertiary/aromatic N) is 3. The van der Waals surface area contributed by atoms with Crippen molar-refractivity contribution < 1.29 is 4.79 Å². The fourth-order valence-corrected chi connectivity index (χ4v) is 1.79. The first-order chi connectivity index (χ1) is 9.19. The topological polar surface area (TPSA) is 75.6 Å². The van der Waals surface area contributed by atoms with E-state index in [4.69, 9.17) is 0 Å². The van der Waals surface area contributed by atoms with Crippen LogP contribution in [0.3, 0.4) is 0 Å². The highest BCUT2D eigenvalue weighted by Crippen LogP contribution is 2.03. The summed E-state index contributed by atoms with van der Waals surface area (Å²) in [5.74, 6) is 0.729. The Morgan fingerprint density at radius 1 is 1.47 bits per heavy atom. The number of hydrogen-bond acceptors (Lipinski definition) is 3. The fraction of sp³-hybridized carbons (Fsp3) is 0.462. The number of carbonyl (C=O) groups excluding carboxylic acids is 1. The van der Waals surface area contributed by atoms with Crippen molar-refractivity contribution in [2.45, 2.75) is 32.7 Å². The van der Waals surface area contributed by atoms with Crippen LogP contribution in [-0.2, 0) is 20.0 Å². The average molecular weight is 261 g/mol. The van der Waals surface area contributed by atoms with E-state index < -0.39 is 0 Å². The number of unbranched alkanes of at least 4 members (excludes halogenated alkanes) is 1. The van der Waals surface area contributed by atoms with Gasteiger partial charge in [0.25, 0.3) is 5.91 Å². The highest BCUT2D eigenvalue weighted by Gasteiger charge is 2.09. The number of nitrogens with one attached hydrogen (secondary N) is 2. The maximum atomic E-state index is 11.9. The van der Waals surface area contributed by atoms with Crippen molar-refractivity contribution in [2.24, 2.45) is 7.05 Å². The SMILES string of the molecule is CCCCc1ncc(C(=O)NCc2cnn(C)c2)[nH]1. The number of imidazole rings is 1. The monoisotopic (exact) mass is 261 g/mol. The molecule has 2 rings (SSSR count). The minimum Gasteiger partial charge on any atom is -0.347 e. The predicted molar refractivity (Wildman–Crippen MR) is 71.6 cm³/mol. The van der Waals surface area contributed by atoms with Crippen LogP contribution in [0, 0.1) is 0 Å². The van der Waals surface area contributed by atoms with Crippen LogP contribution in [0.25, 0.3) is 0 Å². The fourth-order valence-electron chi connectivity index (χ4n) is 1.79. The van der Waals surface area contributed by atoms with Gasteiger partial charge in [0.1, 0.15) is 11.5 Å². The van der Waals surface area contributed by atoms with E-state index in [9.17, 15) is 4.79 Å². The van der Waals surface area contributed by atoms with Gasteiger partial charge in [0.2, 0.25) is 0 Å². The molecule has 0 fully saturated rings. The highest BCUT2D eigenvalue weighted by molar-refractivity contribution is 5.92. The molecule has 0 radical (unpaired) electrons. The molecule has 0 aliphatic heterocycles. The summed E-state index contributed by atoms with van der Waals surface area (Å²) in [5.41, 5.74) is 1.48. The molecule has 2 aromatic rings. The molecule has 0 saturated heterocycles. The van der Waals surface area contributed by atoms with E-state index in [0.717, 1.165) is 30.7 Å². The van der Waals surface area contributed by atoms with Gasteiger partial charge in [0.05, 0.1) is 12.4 Å². The molecule has 0 aliphatic carbocycles. The molecule has 0 unspecified atom stereocenters. The number of aromatic amines is 1. The van der Waals surface area contributed by atoms with E-state index in [1.807, 2.05) is 13.2 Å². The largest absolute Gasteiger partial charge is 0.347 e. The zero-order chi connectivity index (χ0) is 13.7. The first-order valence-electron chi connectivity index (χ1n) is 6.48. The van der Waals surface area contributed by atoms with Gasteiger partial charge in [-0.1, -0.05) is 13.3 Å². The summed E-state index contributed by atoms with van der Waals surface area (Å²) in [6.45, 7) is 2.60. The van der Waals surface area contributed by atoms with Crippen LogP contribution in [-0.4, -0.2) is 25.7 Å². The molecule has 19 heavy (non-hydrogen) atoms. The van der Waals surface area contributed by atoms with E-state index in [1.165, 1.54) is 0 Å². The van der Waals surface area contributed by atoms with E-state index in [0.29, 0.717) is 12.2 Å². The molecule has 0 atom stereocenters. The minimum atomic E-state index is -0.140. The minimum absolute atomic E-state index is 0.140. The smallest absolute Gasteiger partial charge is 0.269 e. The molecule has 102 valence electrons. The summed E-state index contributed by atoms with van der Waals surface area (Å²) in [6.07, 6.45) is 8.27. The van der Waals surface area contributed by atoms with E-state index in [2.05, 4.69) is 27.3 Å². The number of amides is 1. The molecular formula is C13H19N5O. The quantitative estimate of drug-likeness (QED) is 0.825. The molecule has 2 heterocycles. The lowest BCUT2D eigenvalue weighted by Crippen LogP contribution is -2.22. The Kier molecular flexibility index (Phi) is 4.33. The van der Waals surface area contributed by atoms with Crippen LogP contribution in [0.5, 0.6) is 0 Å². The highest BCUT2D eigenvalue weighted by atomic mass is 16.1. The second-order valence-electron chi connectivity index (χ2n) is 4.55. The number of carbonyl (C=O) groups is 1. The average Bonchev–Trinajstić information content (AvgIpc) is 3.02. The van der Waals surface area contributed by atoms with Crippen molar-refractivity contribution >= 4 is 5.91 Å². The molecule has 6 nitrogen and oxygen atoms in total. The molecule has 2 N–H and O–H groups in total. The van der Waals surface area contributed by atoms with E-state index >= 15 is 0 Å². The van der Waals surface area contributed by atoms with Gasteiger partial charge in [-0.25, -0.2) is 4.98 Å². The maximum absolute atomic E-state index is 11.9. The number of H-pyrrole nitrogens is 1.